The van der Waals surface area contributed by atoms with E-state index in [4.69, 9.17) is 10.5 Å². The number of ether oxygens (including phenoxy) is 1. The fourth-order valence-corrected chi connectivity index (χ4v) is 2.68. The van der Waals surface area contributed by atoms with Crippen LogP contribution in [0.4, 0.5) is 5.69 Å². The molecule has 4 N–H and O–H groups in total. The van der Waals surface area contributed by atoms with Gasteiger partial charge in [-0.15, -0.1) is 0 Å². The molecule has 1 fully saturated rings. The Labute approximate surface area is 131 Å². The van der Waals surface area contributed by atoms with E-state index in [0.29, 0.717) is 18.7 Å². The molecule has 0 spiro atoms. The van der Waals surface area contributed by atoms with Crippen molar-refractivity contribution in [2.45, 2.75) is 32.4 Å². The Morgan fingerprint density at radius 1 is 1.05 bits per heavy atom. The van der Waals surface area contributed by atoms with Crippen LogP contribution in [-0.2, 0) is 0 Å². The van der Waals surface area contributed by atoms with Gasteiger partial charge in [-0.3, -0.25) is 5.43 Å². The number of nitrogens with one attached hydrogen (secondary N) is 2. The molecule has 0 amide bonds. The monoisotopic (exact) mass is 297 g/mol. The molecular formula is C18H23N3O. The van der Waals surface area contributed by atoms with Gasteiger partial charge in [0, 0.05) is 11.7 Å². The number of aryl methyl sites for hydroxylation is 2. The molecule has 2 atom stereocenters. The highest BCUT2D eigenvalue weighted by Gasteiger charge is 2.25. The Kier molecular flexibility index (Phi) is 4.32. The Hall–Kier alpha value is -2.04. The molecule has 4 nitrogen and oxygen atoms in total. The van der Waals surface area contributed by atoms with Gasteiger partial charge in [-0.2, -0.15) is 0 Å². The largest absolute Gasteiger partial charge is 0.492 e. The van der Waals surface area contributed by atoms with Crippen LogP contribution in [0.2, 0.25) is 0 Å². The van der Waals surface area contributed by atoms with E-state index in [0.717, 1.165) is 17.9 Å². The second-order valence-electron chi connectivity index (χ2n) is 6.00. The number of rotatable bonds is 4. The Balaban J connectivity index is 1.54. The van der Waals surface area contributed by atoms with Crippen LogP contribution in [0.15, 0.2) is 42.5 Å². The summed E-state index contributed by atoms with van der Waals surface area (Å²) in [4.78, 5) is 0. The van der Waals surface area contributed by atoms with Gasteiger partial charge in [-0.1, -0.05) is 18.2 Å². The fourth-order valence-electron chi connectivity index (χ4n) is 2.68. The minimum Gasteiger partial charge on any atom is -0.492 e. The second kappa shape index (κ2) is 6.38. The number of benzene rings is 2. The van der Waals surface area contributed by atoms with E-state index < -0.39 is 0 Å². The molecule has 2 aromatic rings. The first-order valence-corrected chi connectivity index (χ1v) is 7.68. The van der Waals surface area contributed by atoms with E-state index in [1.54, 1.807) is 0 Å². The van der Waals surface area contributed by atoms with Crippen molar-refractivity contribution < 1.29 is 4.74 Å². The molecule has 1 saturated heterocycles. The van der Waals surface area contributed by atoms with Crippen molar-refractivity contribution in [3.63, 3.8) is 0 Å². The molecular weight excluding hydrogens is 274 g/mol. The summed E-state index contributed by atoms with van der Waals surface area (Å²) < 4.78 is 5.91. The van der Waals surface area contributed by atoms with Gasteiger partial charge in [0.25, 0.3) is 0 Å². The molecule has 2 aromatic carbocycles. The van der Waals surface area contributed by atoms with Gasteiger partial charge >= 0.3 is 0 Å². The first-order chi connectivity index (χ1) is 10.6. The maximum Gasteiger partial charge on any atom is 0.119 e. The summed E-state index contributed by atoms with van der Waals surface area (Å²) in [6.45, 7) is 4.87. The van der Waals surface area contributed by atoms with Gasteiger partial charge in [0.1, 0.15) is 12.4 Å². The second-order valence-corrected chi connectivity index (χ2v) is 6.00. The summed E-state index contributed by atoms with van der Waals surface area (Å²) in [5.74, 6) is 0.931. The summed E-state index contributed by atoms with van der Waals surface area (Å²) in [7, 11) is 0. The zero-order chi connectivity index (χ0) is 15.5. The van der Waals surface area contributed by atoms with Gasteiger partial charge in [-0.25, -0.2) is 5.43 Å². The van der Waals surface area contributed by atoms with E-state index in [1.807, 2.05) is 18.2 Å². The number of hydrogen-bond donors (Lipinski definition) is 3. The van der Waals surface area contributed by atoms with Gasteiger partial charge < -0.3 is 10.5 Å². The highest BCUT2D eigenvalue weighted by Crippen LogP contribution is 2.24. The zero-order valence-electron chi connectivity index (χ0n) is 13.1. The molecule has 4 heteroatoms. The lowest BCUT2D eigenvalue weighted by atomic mass is 10.0. The maximum atomic E-state index is 5.91. The molecule has 1 aliphatic rings. The van der Waals surface area contributed by atoms with Crippen molar-refractivity contribution in [1.29, 1.82) is 0 Å². The molecule has 0 radical (unpaired) electrons. The SMILES string of the molecule is Cc1ccc(OCC2CC(c3ccc(N)cc3)NN2)cc1C. The summed E-state index contributed by atoms with van der Waals surface area (Å²) in [6, 6.07) is 14.8. The van der Waals surface area contributed by atoms with Gasteiger partial charge in [0.2, 0.25) is 0 Å². The third-order valence-corrected chi connectivity index (χ3v) is 4.25. The third kappa shape index (κ3) is 3.40. The van der Waals surface area contributed by atoms with E-state index in [1.165, 1.54) is 16.7 Å². The Bertz CT molecular complexity index is 639. The summed E-state index contributed by atoms with van der Waals surface area (Å²) in [5.41, 5.74) is 17.0. The van der Waals surface area contributed by atoms with Crippen LogP contribution in [0.1, 0.15) is 29.2 Å². The highest BCUT2D eigenvalue weighted by atomic mass is 16.5. The molecule has 0 saturated carbocycles. The minimum atomic E-state index is 0.296. The predicted octanol–water partition coefficient (Wildman–Crippen LogP) is 2.87. The quantitative estimate of drug-likeness (QED) is 0.760. The molecule has 0 aromatic heterocycles. The molecule has 2 unspecified atom stereocenters. The molecule has 3 rings (SSSR count). The van der Waals surface area contributed by atoms with Crippen LogP contribution >= 0.6 is 0 Å². The van der Waals surface area contributed by atoms with Gasteiger partial charge in [0.05, 0.1) is 6.04 Å². The van der Waals surface area contributed by atoms with Crippen LogP contribution in [-0.4, -0.2) is 12.6 Å². The van der Waals surface area contributed by atoms with Gasteiger partial charge in [-0.05, 0) is 61.2 Å². The zero-order valence-corrected chi connectivity index (χ0v) is 13.1. The predicted molar refractivity (Wildman–Crippen MR) is 89.7 cm³/mol. The number of hydrazine groups is 1. The number of nitrogens with two attached hydrogens (primary N) is 1. The van der Waals surface area contributed by atoms with Gasteiger partial charge in [0.15, 0.2) is 0 Å². The molecule has 1 heterocycles. The number of hydrogen-bond acceptors (Lipinski definition) is 4. The van der Waals surface area contributed by atoms with Crippen molar-refractivity contribution in [2.24, 2.45) is 0 Å². The lowest BCUT2D eigenvalue weighted by molar-refractivity contribution is 0.272. The smallest absolute Gasteiger partial charge is 0.119 e. The van der Waals surface area contributed by atoms with Crippen molar-refractivity contribution in [1.82, 2.24) is 10.9 Å². The van der Waals surface area contributed by atoms with Crippen LogP contribution in [0.5, 0.6) is 5.75 Å². The lowest BCUT2D eigenvalue weighted by Gasteiger charge is -2.13. The molecule has 116 valence electrons. The Morgan fingerprint density at radius 2 is 1.82 bits per heavy atom. The average Bonchev–Trinajstić information content (AvgIpc) is 2.98. The highest BCUT2D eigenvalue weighted by molar-refractivity contribution is 5.40. The van der Waals surface area contributed by atoms with E-state index in [9.17, 15) is 0 Å². The summed E-state index contributed by atoms with van der Waals surface area (Å²) in [5, 5.41) is 0. The number of anilines is 1. The topological polar surface area (TPSA) is 59.3 Å². The summed E-state index contributed by atoms with van der Waals surface area (Å²) >= 11 is 0. The van der Waals surface area contributed by atoms with Crippen LogP contribution < -0.4 is 21.3 Å². The molecule has 22 heavy (non-hydrogen) atoms. The Morgan fingerprint density at radius 3 is 2.55 bits per heavy atom. The van der Waals surface area contributed by atoms with Crippen molar-refractivity contribution in [3.8, 4) is 5.75 Å². The van der Waals surface area contributed by atoms with E-state index in [-0.39, 0.29) is 0 Å². The first kappa shape index (κ1) is 14.9. The lowest BCUT2D eigenvalue weighted by Crippen LogP contribution is -2.34. The maximum absolute atomic E-state index is 5.91. The number of nitrogen functional groups attached to an aromatic ring is 1. The van der Waals surface area contributed by atoms with E-state index >= 15 is 0 Å². The fraction of sp³-hybridized carbons (Fsp3) is 0.333. The summed E-state index contributed by atoms with van der Waals surface area (Å²) in [6.07, 6.45) is 0.995. The van der Waals surface area contributed by atoms with Crippen molar-refractivity contribution in [3.05, 3.63) is 59.2 Å². The van der Waals surface area contributed by atoms with Crippen LogP contribution in [0, 0.1) is 13.8 Å². The van der Waals surface area contributed by atoms with Crippen LogP contribution in [0.25, 0.3) is 0 Å². The average molecular weight is 297 g/mol. The first-order valence-electron chi connectivity index (χ1n) is 7.68. The standard InChI is InChI=1S/C18H23N3O/c1-12-3-8-17(9-13(12)2)22-11-16-10-18(21-20-16)14-4-6-15(19)7-5-14/h3-9,16,18,20-21H,10-11,19H2,1-2H3. The van der Waals surface area contributed by atoms with Crippen LogP contribution in [0.3, 0.4) is 0 Å². The normalized spacial score (nSPS) is 21.0. The minimum absolute atomic E-state index is 0.296. The molecule has 0 bridgehead atoms. The van der Waals surface area contributed by atoms with Crippen molar-refractivity contribution in [2.75, 3.05) is 12.3 Å². The third-order valence-electron chi connectivity index (χ3n) is 4.25. The van der Waals surface area contributed by atoms with E-state index in [2.05, 4.69) is 49.0 Å². The molecule has 1 aliphatic heterocycles. The molecule has 0 aliphatic carbocycles. The van der Waals surface area contributed by atoms with Crippen molar-refractivity contribution >= 4 is 5.69 Å².